The highest BCUT2D eigenvalue weighted by molar-refractivity contribution is 6.30. The second-order valence-electron chi connectivity index (χ2n) is 5.78. The molecule has 2 aromatic carbocycles. The molecule has 1 amide bonds. The summed E-state index contributed by atoms with van der Waals surface area (Å²) in [4.78, 5) is 12.2. The summed E-state index contributed by atoms with van der Waals surface area (Å²) < 4.78 is 24.5. The number of methoxy groups -OCH3 is 1. The fraction of sp³-hybridized carbons (Fsp3) is 0.238. The molecule has 144 valence electrons. The van der Waals surface area contributed by atoms with Gasteiger partial charge >= 0.3 is 0 Å². The number of benzene rings is 2. The van der Waals surface area contributed by atoms with Crippen molar-refractivity contribution in [2.45, 2.75) is 18.9 Å². The van der Waals surface area contributed by atoms with Crippen LogP contribution in [0.2, 0.25) is 5.02 Å². The summed E-state index contributed by atoms with van der Waals surface area (Å²) in [5, 5.41) is 12.5. The topological polar surface area (TPSA) is 71.3 Å². The van der Waals surface area contributed by atoms with E-state index >= 15 is 0 Å². The van der Waals surface area contributed by atoms with Crippen molar-refractivity contribution in [1.82, 2.24) is 5.32 Å². The molecule has 1 atom stereocenters. The SMILES string of the molecule is C#CCOc1c(F)cc(CCC(=O)NC(C#N)c2ccc(Cl)cc2)cc1OC. The number of amides is 1. The molecule has 0 aliphatic carbocycles. The Morgan fingerprint density at radius 1 is 1.36 bits per heavy atom. The number of carbonyl (C=O) groups excluding carboxylic acids is 1. The maximum atomic E-state index is 14.2. The lowest BCUT2D eigenvalue weighted by Crippen LogP contribution is -2.27. The number of ether oxygens (including phenoxy) is 2. The molecular weight excluding hydrogens is 383 g/mol. The molecule has 0 spiro atoms. The lowest BCUT2D eigenvalue weighted by Gasteiger charge is -2.13. The molecule has 0 saturated carbocycles. The first kappa shape index (κ1) is 21.1. The Labute approximate surface area is 168 Å². The molecular formula is C21H18ClFN2O3. The van der Waals surface area contributed by atoms with Crippen LogP contribution in [0.15, 0.2) is 36.4 Å². The van der Waals surface area contributed by atoms with Crippen molar-refractivity contribution in [2.24, 2.45) is 0 Å². The summed E-state index contributed by atoms with van der Waals surface area (Å²) in [5.41, 5.74) is 1.18. The van der Waals surface area contributed by atoms with E-state index in [2.05, 4.69) is 11.2 Å². The molecule has 0 saturated heterocycles. The molecule has 1 N–H and O–H groups in total. The van der Waals surface area contributed by atoms with Crippen LogP contribution in [0.1, 0.15) is 23.6 Å². The molecule has 2 aromatic rings. The number of hydrogen-bond donors (Lipinski definition) is 1. The largest absolute Gasteiger partial charge is 0.493 e. The van der Waals surface area contributed by atoms with Gasteiger partial charge < -0.3 is 14.8 Å². The molecule has 0 aromatic heterocycles. The van der Waals surface area contributed by atoms with Crippen LogP contribution in [0.5, 0.6) is 11.5 Å². The highest BCUT2D eigenvalue weighted by atomic mass is 35.5. The molecule has 0 heterocycles. The predicted molar refractivity (Wildman–Crippen MR) is 104 cm³/mol. The number of nitriles is 1. The first-order valence-electron chi connectivity index (χ1n) is 8.35. The average Bonchev–Trinajstić information content (AvgIpc) is 2.70. The maximum Gasteiger partial charge on any atom is 0.221 e. The molecule has 7 heteroatoms. The molecule has 1 unspecified atom stereocenters. The zero-order valence-corrected chi connectivity index (χ0v) is 15.9. The van der Waals surface area contributed by atoms with Crippen molar-refractivity contribution >= 4 is 17.5 Å². The van der Waals surface area contributed by atoms with Crippen LogP contribution in [-0.4, -0.2) is 19.6 Å². The van der Waals surface area contributed by atoms with Crippen LogP contribution in [-0.2, 0) is 11.2 Å². The molecule has 0 aliphatic rings. The van der Waals surface area contributed by atoms with E-state index in [0.29, 0.717) is 16.1 Å². The summed E-state index contributed by atoms with van der Waals surface area (Å²) in [6.07, 6.45) is 5.44. The monoisotopic (exact) mass is 400 g/mol. The average molecular weight is 401 g/mol. The van der Waals surface area contributed by atoms with E-state index in [0.717, 1.165) is 0 Å². The molecule has 0 aliphatic heterocycles. The lowest BCUT2D eigenvalue weighted by molar-refractivity contribution is -0.121. The van der Waals surface area contributed by atoms with Gasteiger partial charge in [0.1, 0.15) is 12.6 Å². The Balaban J connectivity index is 2.02. The Bertz CT molecular complexity index is 917. The van der Waals surface area contributed by atoms with Gasteiger partial charge in [-0.25, -0.2) is 4.39 Å². The van der Waals surface area contributed by atoms with E-state index < -0.39 is 11.9 Å². The number of carbonyl (C=O) groups is 1. The molecule has 28 heavy (non-hydrogen) atoms. The maximum absolute atomic E-state index is 14.2. The van der Waals surface area contributed by atoms with Gasteiger partial charge in [-0.3, -0.25) is 4.79 Å². The molecule has 5 nitrogen and oxygen atoms in total. The van der Waals surface area contributed by atoms with Crippen LogP contribution in [0.25, 0.3) is 0 Å². The van der Waals surface area contributed by atoms with Crippen molar-refractivity contribution in [3.8, 4) is 29.9 Å². The number of hydrogen-bond acceptors (Lipinski definition) is 4. The predicted octanol–water partition coefficient (Wildman–Crippen LogP) is 3.81. The molecule has 0 bridgehead atoms. The van der Waals surface area contributed by atoms with E-state index in [9.17, 15) is 14.4 Å². The third-order valence-electron chi connectivity index (χ3n) is 3.87. The standard InChI is InChI=1S/C21H18ClFN2O3/c1-3-10-28-21-17(23)11-14(12-19(21)27-2)4-9-20(26)25-18(13-24)15-5-7-16(22)8-6-15/h1,5-8,11-12,18H,4,9-10H2,2H3,(H,25,26). The summed E-state index contributed by atoms with van der Waals surface area (Å²) in [7, 11) is 1.39. The van der Waals surface area contributed by atoms with Gasteiger partial charge in [0, 0.05) is 11.4 Å². The Morgan fingerprint density at radius 3 is 2.68 bits per heavy atom. The van der Waals surface area contributed by atoms with Crippen molar-refractivity contribution in [1.29, 1.82) is 5.26 Å². The minimum absolute atomic E-state index is 0.0684. The lowest BCUT2D eigenvalue weighted by atomic mass is 10.1. The molecule has 0 fully saturated rings. The second kappa shape index (κ2) is 10.2. The Kier molecular flexibility index (Phi) is 7.68. The van der Waals surface area contributed by atoms with Gasteiger partial charge in [0.05, 0.1) is 13.2 Å². The normalized spacial score (nSPS) is 11.0. The minimum atomic E-state index is -0.796. The van der Waals surface area contributed by atoms with Crippen molar-refractivity contribution < 1.29 is 18.7 Å². The van der Waals surface area contributed by atoms with Crippen LogP contribution >= 0.6 is 11.6 Å². The first-order chi connectivity index (χ1) is 13.5. The Morgan fingerprint density at radius 2 is 2.07 bits per heavy atom. The van der Waals surface area contributed by atoms with Crippen molar-refractivity contribution in [2.75, 3.05) is 13.7 Å². The van der Waals surface area contributed by atoms with Crippen LogP contribution < -0.4 is 14.8 Å². The quantitative estimate of drug-likeness (QED) is 0.684. The summed E-state index contributed by atoms with van der Waals surface area (Å²) >= 11 is 5.83. The van der Waals surface area contributed by atoms with Gasteiger partial charge in [-0.1, -0.05) is 29.7 Å². The van der Waals surface area contributed by atoms with E-state index in [1.54, 1.807) is 30.3 Å². The van der Waals surface area contributed by atoms with Gasteiger partial charge in [-0.05, 0) is 41.8 Å². The third kappa shape index (κ3) is 5.64. The van der Waals surface area contributed by atoms with Crippen LogP contribution in [0, 0.1) is 29.5 Å². The fourth-order valence-corrected chi connectivity index (χ4v) is 2.63. The number of terminal acetylenes is 1. The first-order valence-corrected chi connectivity index (χ1v) is 8.73. The van der Waals surface area contributed by atoms with E-state index in [-0.39, 0.29) is 36.9 Å². The number of rotatable bonds is 8. The van der Waals surface area contributed by atoms with E-state index in [1.165, 1.54) is 13.2 Å². The van der Waals surface area contributed by atoms with Crippen LogP contribution in [0.3, 0.4) is 0 Å². The Hall–Kier alpha value is -3.22. The highest BCUT2D eigenvalue weighted by Gasteiger charge is 2.16. The number of aryl methyl sites for hydroxylation is 1. The number of nitrogens with one attached hydrogen (secondary N) is 1. The summed E-state index contributed by atoms with van der Waals surface area (Å²) in [5.74, 6) is 1.42. The van der Waals surface area contributed by atoms with E-state index in [1.807, 2.05) is 6.07 Å². The van der Waals surface area contributed by atoms with Crippen molar-refractivity contribution in [3.05, 3.63) is 58.4 Å². The second-order valence-corrected chi connectivity index (χ2v) is 6.22. The summed E-state index contributed by atoms with van der Waals surface area (Å²) in [6.45, 7) is -0.0880. The van der Waals surface area contributed by atoms with Gasteiger partial charge in [0.15, 0.2) is 17.3 Å². The van der Waals surface area contributed by atoms with Crippen LogP contribution in [0.4, 0.5) is 4.39 Å². The van der Waals surface area contributed by atoms with Gasteiger partial charge in [-0.15, -0.1) is 6.42 Å². The summed E-state index contributed by atoms with van der Waals surface area (Å²) in [6, 6.07) is 10.7. The molecule has 0 radical (unpaired) electrons. The zero-order chi connectivity index (χ0) is 20.5. The smallest absolute Gasteiger partial charge is 0.221 e. The van der Waals surface area contributed by atoms with Crippen molar-refractivity contribution in [3.63, 3.8) is 0 Å². The van der Waals surface area contributed by atoms with Gasteiger partial charge in [0.2, 0.25) is 5.91 Å². The third-order valence-corrected chi connectivity index (χ3v) is 4.12. The van der Waals surface area contributed by atoms with E-state index in [4.69, 9.17) is 27.5 Å². The number of halogens is 2. The number of nitrogens with zero attached hydrogens (tertiary/aromatic N) is 1. The van der Waals surface area contributed by atoms with Gasteiger partial charge in [0.25, 0.3) is 0 Å². The highest BCUT2D eigenvalue weighted by Crippen LogP contribution is 2.32. The fourth-order valence-electron chi connectivity index (χ4n) is 2.51. The van der Waals surface area contributed by atoms with Gasteiger partial charge in [-0.2, -0.15) is 5.26 Å². The zero-order valence-electron chi connectivity index (χ0n) is 15.2. The minimum Gasteiger partial charge on any atom is -0.493 e. The molecule has 2 rings (SSSR count).